The molecule has 0 spiro atoms. The van der Waals surface area contributed by atoms with Crippen LogP contribution >= 0.6 is 0 Å². The highest BCUT2D eigenvalue weighted by Crippen LogP contribution is 2.15. The van der Waals surface area contributed by atoms with Crippen molar-refractivity contribution in [2.75, 3.05) is 13.6 Å². The second kappa shape index (κ2) is 6.90. The monoisotopic (exact) mass is 332 g/mol. The number of alkyl carbamates (subject to hydrolysis) is 1. The van der Waals surface area contributed by atoms with Crippen LogP contribution in [0.3, 0.4) is 0 Å². The fraction of sp³-hybridized carbons (Fsp3) is 0.471. The number of nitrogens with one attached hydrogen (secondary N) is 1. The van der Waals surface area contributed by atoms with Crippen LogP contribution in [0.2, 0.25) is 0 Å². The van der Waals surface area contributed by atoms with Crippen LogP contribution in [-0.2, 0) is 23.1 Å². The number of hydrogen-bond donors (Lipinski definition) is 1. The molecule has 0 fully saturated rings. The number of rotatable bonds is 4. The molecule has 2 amide bonds. The SMILES string of the molecule is CN(Cc1nc2ccccc2n1C)C(=O)CNC(=O)OC(C)(C)C. The number of likely N-dealkylation sites (N-methyl/N-ethyl adjacent to an activating group) is 1. The molecule has 0 radical (unpaired) electrons. The Morgan fingerprint density at radius 1 is 1.29 bits per heavy atom. The Hall–Kier alpha value is -2.57. The zero-order chi connectivity index (χ0) is 17.9. The van der Waals surface area contributed by atoms with Gasteiger partial charge in [-0.15, -0.1) is 0 Å². The number of carbonyl (C=O) groups excluding carboxylic acids is 2. The number of carbonyl (C=O) groups is 2. The number of imidazole rings is 1. The van der Waals surface area contributed by atoms with Gasteiger partial charge in [-0.1, -0.05) is 12.1 Å². The Kier molecular flexibility index (Phi) is 5.11. The molecule has 130 valence electrons. The van der Waals surface area contributed by atoms with Crippen molar-refractivity contribution in [3.63, 3.8) is 0 Å². The van der Waals surface area contributed by atoms with Gasteiger partial charge in [-0.2, -0.15) is 0 Å². The van der Waals surface area contributed by atoms with Crippen molar-refractivity contribution in [2.45, 2.75) is 32.9 Å². The van der Waals surface area contributed by atoms with Gasteiger partial charge in [0.05, 0.1) is 17.6 Å². The Balaban J connectivity index is 1.93. The molecular weight excluding hydrogens is 308 g/mol. The van der Waals surface area contributed by atoms with E-state index in [-0.39, 0.29) is 12.5 Å². The summed E-state index contributed by atoms with van der Waals surface area (Å²) in [6.45, 7) is 5.56. The van der Waals surface area contributed by atoms with Gasteiger partial charge in [0.15, 0.2) is 0 Å². The molecule has 2 aromatic rings. The number of fused-ring (bicyclic) bond motifs is 1. The minimum Gasteiger partial charge on any atom is -0.444 e. The van der Waals surface area contributed by atoms with Gasteiger partial charge in [0, 0.05) is 14.1 Å². The Labute approximate surface area is 141 Å². The molecule has 0 unspecified atom stereocenters. The summed E-state index contributed by atoms with van der Waals surface area (Å²) >= 11 is 0. The molecule has 2 rings (SSSR count). The third-order valence-electron chi connectivity index (χ3n) is 3.47. The molecule has 0 bridgehead atoms. The lowest BCUT2D eigenvalue weighted by molar-refractivity contribution is -0.129. The lowest BCUT2D eigenvalue weighted by Gasteiger charge is -2.21. The molecular formula is C17H24N4O3. The van der Waals surface area contributed by atoms with E-state index in [1.54, 1.807) is 27.8 Å². The fourth-order valence-corrected chi connectivity index (χ4v) is 2.23. The van der Waals surface area contributed by atoms with Gasteiger partial charge < -0.3 is 19.5 Å². The van der Waals surface area contributed by atoms with Gasteiger partial charge in [0.2, 0.25) is 5.91 Å². The lowest BCUT2D eigenvalue weighted by atomic mass is 10.2. The first-order valence-electron chi connectivity index (χ1n) is 7.78. The molecule has 1 aromatic heterocycles. The standard InChI is InChI=1S/C17H24N4O3/c1-17(2,3)24-16(23)18-10-15(22)20(4)11-14-19-12-8-6-7-9-13(12)21(14)5/h6-9H,10-11H2,1-5H3,(H,18,23). The zero-order valence-electron chi connectivity index (χ0n) is 14.8. The number of amides is 2. The lowest BCUT2D eigenvalue weighted by Crippen LogP contribution is -2.40. The first kappa shape index (κ1) is 17.8. The predicted octanol–water partition coefficient (Wildman–Crippen LogP) is 2.06. The third-order valence-corrected chi connectivity index (χ3v) is 3.47. The summed E-state index contributed by atoms with van der Waals surface area (Å²) in [5.74, 6) is 0.567. The average molecular weight is 332 g/mol. The molecule has 0 saturated heterocycles. The number of nitrogens with zero attached hydrogens (tertiary/aromatic N) is 3. The van der Waals surface area contributed by atoms with E-state index in [4.69, 9.17) is 4.74 Å². The molecule has 0 saturated carbocycles. The largest absolute Gasteiger partial charge is 0.444 e. The van der Waals surface area contributed by atoms with Crippen molar-refractivity contribution in [1.29, 1.82) is 0 Å². The van der Waals surface area contributed by atoms with E-state index in [2.05, 4.69) is 10.3 Å². The topological polar surface area (TPSA) is 76.5 Å². The van der Waals surface area contributed by atoms with Crippen LogP contribution in [0.25, 0.3) is 11.0 Å². The highest BCUT2D eigenvalue weighted by Gasteiger charge is 2.18. The van der Waals surface area contributed by atoms with Crippen LogP contribution in [0.5, 0.6) is 0 Å². The molecule has 1 N–H and O–H groups in total. The summed E-state index contributed by atoms with van der Waals surface area (Å²) in [6, 6.07) is 7.80. The molecule has 1 aromatic carbocycles. The van der Waals surface area contributed by atoms with Crippen LogP contribution in [0, 0.1) is 0 Å². The summed E-state index contributed by atoms with van der Waals surface area (Å²) in [7, 11) is 3.60. The van der Waals surface area contributed by atoms with Crippen molar-refractivity contribution < 1.29 is 14.3 Å². The van der Waals surface area contributed by atoms with Crippen LogP contribution in [0.15, 0.2) is 24.3 Å². The van der Waals surface area contributed by atoms with Gasteiger partial charge in [-0.25, -0.2) is 9.78 Å². The maximum atomic E-state index is 12.2. The van der Waals surface area contributed by atoms with Gasteiger partial charge in [-0.3, -0.25) is 4.79 Å². The summed E-state index contributed by atoms with van der Waals surface area (Å²) < 4.78 is 7.07. The highest BCUT2D eigenvalue weighted by molar-refractivity contribution is 5.82. The number of para-hydroxylation sites is 2. The maximum Gasteiger partial charge on any atom is 0.408 e. The van der Waals surface area contributed by atoms with E-state index < -0.39 is 11.7 Å². The van der Waals surface area contributed by atoms with Crippen LogP contribution in [0.1, 0.15) is 26.6 Å². The van der Waals surface area contributed by atoms with Gasteiger partial charge >= 0.3 is 6.09 Å². The summed E-state index contributed by atoms with van der Waals surface area (Å²) in [5.41, 5.74) is 1.31. The van der Waals surface area contributed by atoms with Crippen molar-refractivity contribution in [3.8, 4) is 0 Å². The summed E-state index contributed by atoms with van der Waals surface area (Å²) in [5, 5.41) is 2.47. The van der Waals surface area contributed by atoms with Gasteiger partial charge in [0.1, 0.15) is 18.0 Å². The molecule has 0 aliphatic rings. The smallest absolute Gasteiger partial charge is 0.408 e. The Bertz CT molecular complexity index is 746. The van der Waals surface area contributed by atoms with Gasteiger partial charge in [0.25, 0.3) is 0 Å². The number of hydrogen-bond acceptors (Lipinski definition) is 4. The van der Waals surface area contributed by atoms with Crippen molar-refractivity contribution in [3.05, 3.63) is 30.1 Å². The minimum absolute atomic E-state index is 0.116. The van der Waals surface area contributed by atoms with E-state index in [1.165, 1.54) is 4.90 Å². The molecule has 7 heteroatoms. The number of ether oxygens (including phenoxy) is 1. The van der Waals surface area contributed by atoms with E-state index in [9.17, 15) is 9.59 Å². The Morgan fingerprint density at radius 3 is 2.58 bits per heavy atom. The second-order valence-electron chi connectivity index (χ2n) is 6.68. The number of benzene rings is 1. The normalized spacial score (nSPS) is 11.4. The first-order chi connectivity index (χ1) is 11.2. The van der Waals surface area contributed by atoms with E-state index in [0.717, 1.165) is 16.9 Å². The average Bonchev–Trinajstić information content (AvgIpc) is 2.80. The zero-order valence-corrected chi connectivity index (χ0v) is 14.8. The Morgan fingerprint density at radius 2 is 1.96 bits per heavy atom. The minimum atomic E-state index is -0.605. The van der Waals surface area contributed by atoms with Crippen molar-refractivity contribution in [1.82, 2.24) is 19.8 Å². The maximum absolute atomic E-state index is 12.2. The molecule has 0 atom stereocenters. The summed E-state index contributed by atoms with van der Waals surface area (Å²) in [4.78, 5) is 29.8. The molecule has 0 aliphatic carbocycles. The third kappa shape index (κ3) is 4.47. The second-order valence-corrected chi connectivity index (χ2v) is 6.68. The van der Waals surface area contributed by atoms with E-state index in [0.29, 0.717) is 6.54 Å². The number of aryl methyl sites for hydroxylation is 1. The van der Waals surface area contributed by atoms with Crippen molar-refractivity contribution >= 4 is 23.0 Å². The first-order valence-corrected chi connectivity index (χ1v) is 7.78. The predicted molar refractivity (Wildman–Crippen MR) is 91.4 cm³/mol. The van der Waals surface area contributed by atoms with Crippen LogP contribution < -0.4 is 5.32 Å². The number of aromatic nitrogens is 2. The molecule has 24 heavy (non-hydrogen) atoms. The fourth-order valence-electron chi connectivity index (χ4n) is 2.23. The van der Waals surface area contributed by atoms with Gasteiger partial charge in [-0.05, 0) is 32.9 Å². The van der Waals surface area contributed by atoms with E-state index >= 15 is 0 Å². The molecule has 0 aliphatic heterocycles. The highest BCUT2D eigenvalue weighted by atomic mass is 16.6. The molecule has 7 nitrogen and oxygen atoms in total. The van der Waals surface area contributed by atoms with Crippen molar-refractivity contribution in [2.24, 2.45) is 7.05 Å². The molecule has 1 heterocycles. The van der Waals surface area contributed by atoms with E-state index in [1.807, 2.05) is 35.9 Å². The summed E-state index contributed by atoms with van der Waals surface area (Å²) in [6.07, 6.45) is -0.605. The van der Waals surface area contributed by atoms with Crippen LogP contribution in [-0.4, -0.2) is 45.6 Å². The quantitative estimate of drug-likeness (QED) is 0.930. The van der Waals surface area contributed by atoms with Crippen LogP contribution in [0.4, 0.5) is 4.79 Å².